The van der Waals surface area contributed by atoms with Crippen LogP contribution in [0.15, 0.2) is 41.0 Å². The first-order valence-electron chi connectivity index (χ1n) is 6.58. The van der Waals surface area contributed by atoms with E-state index in [-0.39, 0.29) is 5.56 Å². The first kappa shape index (κ1) is 15.3. The van der Waals surface area contributed by atoms with Crippen LogP contribution < -0.4 is 5.32 Å². The van der Waals surface area contributed by atoms with Crippen molar-refractivity contribution in [1.29, 1.82) is 5.26 Å². The number of furan rings is 1. The van der Waals surface area contributed by atoms with E-state index in [1.165, 1.54) is 19.3 Å². The predicted molar refractivity (Wildman–Crippen MR) is 78.1 cm³/mol. The summed E-state index contributed by atoms with van der Waals surface area (Å²) in [4.78, 5) is 24.0. The molecule has 112 valence electrons. The summed E-state index contributed by atoms with van der Waals surface area (Å²) in [6, 6.07) is 10.0. The fourth-order valence-electron chi connectivity index (χ4n) is 1.80. The molecule has 1 heterocycles. The molecule has 1 N–H and O–H groups in total. The number of esters is 1. The maximum absolute atomic E-state index is 12.0. The van der Waals surface area contributed by atoms with Crippen LogP contribution in [0.1, 0.15) is 28.6 Å². The molecule has 0 spiro atoms. The Hall–Kier alpha value is -3.07. The lowest BCUT2D eigenvalue weighted by molar-refractivity contribution is -0.123. The van der Waals surface area contributed by atoms with E-state index < -0.39 is 18.0 Å². The molecule has 1 aromatic heterocycles. The molecule has 0 aliphatic rings. The Morgan fingerprint density at radius 2 is 2.05 bits per heavy atom. The van der Waals surface area contributed by atoms with Gasteiger partial charge in [0.2, 0.25) is 0 Å². The van der Waals surface area contributed by atoms with Crippen molar-refractivity contribution in [1.82, 2.24) is 0 Å². The molecule has 0 saturated heterocycles. The third-order valence-corrected chi connectivity index (χ3v) is 3.04. The van der Waals surface area contributed by atoms with Gasteiger partial charge in [-0.25, -0.2) is 4.79 Å². The predicted octanol–water partition coefficient (Wildman–Crippen LogP) is 2.64. The van der Waals surface area contributed by atoms with E-state index in [9.17, 15) is 9.59 Å². The smallest absolute Gasteiger partial charge is 0.342 e. The first-order valence-corrected chi connectivity index (χ1v) is 6.58. The highest BCUT2D eigenvalue weighted by Gasteiger charge is 2.21. The highest BCUT2D eigenvalue weighted by molar-refractivity contribution is 5.98. The van der Waals surface area contributed by atoms with Gasteiger partial charge in [-0.05, 0) is 32.0 Å². The van der Waals surface area contributed by atoms with Crippen molar-refractivity contribution in [2.75, 3.05) is 5.32 Å². The minimum atomic E-state index is -1.01. The van der Waals surface area contributed by atoms with Gasteiger partial charge < -0.3 is 14.5 Å². The number of rotatable bonds is 4. The van der Waals surface area contributed by atoms with Gasteiger partial charge in [-0.3, -0.25) is 4.79 Å². The molecule has 2 aromatic rings. The molecule has 0 radical (unpaired) electrons. The third-order valence-electron chi connectivity index (χ3n) is 3.04. The molecule has 0 fully saturated rings. The number of amides is 1. The van der Waals surface area contributed by atoms with Crippen LogP contribution in [0.25, 0.3) is 0 Å². The van der Waals surface area contributed by atoms with Crippen molar-refractivity contribution in [2.24, 2.45) is 0 Å². The summed E-state index contributed by atoms with van der Waals surface area (Å²) < 4.78 is 10.1. The number of hydrogen-bond acceptors (Lipinski definition) is 5. The highest BCUT2D eigenvalue weighted by Crippen LogP contribution is 2.15. The molecule has 0 bridgehead atoms. The lowest BCUT2D eigenvalue weighted by atomic mass is 10.2. The lowest BCUT2D eigenvalue weighted by Crippen LogP contribution is -2.30. The Labute approximate surface area is 127 Å². The zero-order valence-electron chi connectivity index (χ0n) is 12.1. The maximum Gasteiger partial charge on any atom is 0.342 e. The quantitative estimate of drug-likeness (QED) is 0.876. The van der Waals surface area contributed by atoms with Crippen molar-refractivity contribution in [2.45, 2.75) is 20.0 Å². The van der Waals surface area contributed by atoms with E-state index in [0.29, 0.717) is 17.0 Å². The van der Waals surface area contributed by atoms with E-state index in [4.69, 9.17) is 14.4 Å². The van der Waals surface area contributed by atoms with Crippen LogP contribution in [0.3, 0.4) is 0 Å². The van der Waals surface area contributed by atoms with E-state index in [1.807, 2.05) is 6.07 Å². The molecule has 6 heteroatoms. The largest absolute Gasteiger partial charge is 0.469 e. The summed E-state index contributed by atoms with van der Waals surface area (Å²) in [6.45, 7) is 3.09. The number of nitrogens with one attached hydrogen (secondary N) is 1. The summed E-state index contributed by atoms with van der Waals surface area (Å²) in [6.07, 6.45) is 0.369. The Morgan fingerprint density at radius 1 is 1.32 bits per heavy atom. The molecule has 0 saturated carbocycles. The average Bonchev–Trinajstić information content (AvgIpc) is 2.93. The molecule has 1 atom stereocenters. The number of ether oxygens (including phenoxy) is 1. The van der Waals surface area contributed by atoms with Crippen LogP contribution in [0.2, 0.25) is 0 Å². The minimum absolute atomic E-state index is 0.275. The van der Waals surface area contributed by atoms with Crippen molar-refractivity contribution < 1.29 is 18.7 Å². The van der Waals surface area contributed by atoms with Crippen molar-refractivity contribution >= 4 is 17.6 Å². The van der Waals surface area contributed by atoms with Crippen LogP contribution in [-0.2, 0) is 9.53 Å². The Balaban J connectivity index is 2.02. The van der Waals surface area contributed by atoms with E-state index >= 15 is 0 Å². The Morgan fingerprint density at radius 3 is 2.68 bits per heavy atom. The van der Waals surface area contributed by atoms with Gasteiger partial charge >= 0.3 is 5.97 Å². The van der Waals surface area contributed by atoms with Gasteiger partial charge in [-0.2, -0.15) is 5.26 Å². The third kappa shape index (κ3) is 3.33. The lowest BCUT2D eigenvalue weighted by Gasteiger charge is -2.13. The van der Waals surface area contributed by atoms with E-state index in [1.54, 1.807) is 31.2 Å². The van der Waals surface area contributed by atoms with Crippen molar-refractivity contribution in [3.8, 4) is 6.07 Å². The van der Waals surface area contributed by atoms with Gasteiger partial charge in [0.1, 0.15) is 17.4 Å². The standard InChI is InChI=1S/C16H14N2O4/c1-10-13(7-8-21-10)16(20)22-11(2)15(19)18-14-6-4-3-5-12(14)9-17/h3-8,11H,1-2H3,(H,18,19)/t11-/m1/s1. The maximum atomic E-state index is 12.0. The fraction of sp³-hybridized carbons (Fsp3) is 0.188. The number of nitrogens with zero attached hydrogens (tertiary/aromatic N) is 1. The second-order valence-corrected chi connectivity index (χ2v) is 4.58. The molecule has 0 aliphatic heterocycles. The molecule has 1 aromatic carbocycles. The number of nitriles is 1. The van der Waals surface area contributed by atoms with Gasteiger partial charge in [0.15, 0.2) is 6.10 Å². The van der Waals surface area contributed by atoms with Gasteiger partial charge in [-0.15, -0.1) is 0 Å². The van der Waals surface area contributed by atoms with Crippen molar-refractivity contribution in [3.05, 3.63) is 53.5 Å². The molecular weight excluding hydrogens is 284 g/mol. The highest BCUT2D eigenvalue weighted by atomic mass is 16.5. The molecule has 2 rings (SSSR count). The SMILES string of the molecule is Cc1occc1C(=O)O[C@H](C)C(=O)Nc1ccccc1C#N. The zero-order valence-corrected chi connectivity index (χ0v) is 12.1. The van der Waals surface area contributed by atoms with Gasteiger partial charge in [0, 0.05) is 0 Å². The summed E-state index contributed by atoms with van der Waals surface area (Å²) >= 11 is 0. The molecule has 6 nitrogen and oxygen atoms in total. The number of anilines is 1. The zero-order chi connectivity index (χ0) is 16.1. The molecule has 22 heavy (non-hydrogen) atoms. The monoisotopic (exact) mass is 298 g/mol. The summed E-state index contributed by atoms with van der Waals surface area (Å²) in [5.74, 6) is -0.730. The molecular formula is C16H14N2O4. The number of carbonyl (C=O) groups excluding carboxylic acids is 2. The fourth-order valence-corrected chi connectivity index (χ4v) is 1.80. The van der Waals surface area contributed by atoms with Crippen LogP contribution in [0.5, 0.6) is 0 Å². The summed E-state index contributed by atoms with van der Waals surface area (Å²) in [5, 5.41) is 11.5. The van der Waals surface area contributed by atoms with E-state index in [0.717, 1.165) is 0 Å². The van der Waals surface area contributed by atoms with Gasteiger partial charge in [-0.1, -0.05) is 12.1 Å². The van der Waals surface area contributed by atoms with Crippen LogP contribution in [0, 0.1) is 18.3 Å². The first-order chi connectivity index (χ1) is 10.5. The topological polar surface area (TPSA) is 92.3 Å². The van der Waals surface area contributed by atoms with Crippen LogP contribution in [-0.4, -0.2) is 18.0 Å². The van der Waals surface area contributed by atoms with E-state index in [2.05, 4.69) is 5.32 Å². The number of carbonyl (C=O) groups is 2. The number of hydrogen-bond donors (Lipinski definition) is 1. The average molecular weight is 298 g/mol. The Bertz CT molecular complexity index is 743. The number of aryl methyl sites for hydroxylation is 1. The van der Waals surface area contributed by atoms with Gasteiger partial charge in [0.25, 0.3) is 5.91 Å². The normalized spacial score (nSPS) is 11.3. The second-order valence-electron chi connectivity index (χ2n) is 4.58. The number of benzene rings is 1. The van der Waals surface area contributed by atoms with Crippen LogP contribution >= 0.6 is 0 Å². The van der Waals surface area contributed by atoms with Crippen LogP contribution in [0.4, 0.5) is 5.69 Å². The summed E-state index contributed by atoms with van der Waals surface area (Å²) in [5.41, 5.74) is 0.981. The Kier molecular flexibility index (Phi) is 4.59. The summed E-state index contributed by atoms with van der Waals surface area (Å²) in [7, 11) is 0. The molecule has 0 aliphatic carbocycles. The second kappa shape index (κ2) is 6.59. The number of para-hydroxylation sites is 1. The molecule has 0 unspecified atom stereocenters. The van der Waals surface area contributed by atoms with Gasteiger partial charge in [0.05, 0.1) is 17.5 Å². The minimum Gasteiger partial charge on any atom is -0.469 e. The van der Waals surface area contributed by atoms with Crippen molar-refractivity contribution in [3.63, 3.8) is 0 Å². The molecule has 1 amide bonds.